The highest BCUT2D eigenvalue weighted by Gasteiger charge is 2.34. The van der Waals surface area contributed by atoms with E-state index >= 15 is 0 Å². The highest BCUT2D eigenvalue weighted by atomic mass is 35.5. The molecule has 0 saturated carbocycles. The Balaban J connectivity index is 1.63. The van der Waals surface area contributed by atoms with Crippen LogP contribution in [0.5, 0.6) is 0 Å². The number of ether oxygens (including phenoxy) is 2. The van der Waals surface area contributed by atoms with Crippen LogP contribution in [0, 0.1) is 5.82 Å². The van der Waals surface area contributed by atoms with Gasteiger partial charge in [0.05, 0.1) is 44.6 Å². The molecule has 2 unspecified atom stereocenters. The second-order valence-electron chi connectivity index (χ2n) is 5.66. The van der Waals surface area contributed by atoms with Crippen molar-refractivity contribution in [1.29, 1.82) is 0 Å². The van der Waals surface area contributed by atoms with Gasteiger partial charge in [-0.1, -0.05) is 17.7 Å². The second kappa shape index (κ2) is 6.40. The third-order valence-corrected chi connectivity index (χ3v) is 4.22. The molecule has 2 fully saturated rings. The molecule has 120 valence electrons. The summed E-state index contributed by atoms with van der Waals surface area (Å²) >= 11 is 6.03. The molecule has 1 aromatic carbocycles. The van der Waals surface area contributed by atoms with E-state index in [0.29, 0.717) is 36.9 Å². The van der Waals surface area contributed by atoms with Gasteiger partial charge in [-0.2, -0.15) is 0 Å². The van der Waals surface area contributed by atoms with Crippen molar-refractivity contribution in [2.24, 2.45) is 0 Å². The molecule has 2 aliphatic rings. The van der Waals surface area contributed by atoms with Crippen molar-refractivity contribution in [2.75, 3.05) is 26.3 Å². The lowest BCUT2D eigenvalue weighted by molar-refractivity contribution is -0.171. The number of carbonyl (C=O) groups excluding carboxylic acids is 1. The Morgan fingerprint density at radius 2 is 2.09 bits per heavy atom. The van der Waals surface area contributed by atoms with Crippen molar-refractivity contribution in [3.05, 3.63) is 34.6 Å². The largest absolute Gasteiger partial charge is 0.376 e. The Bertz CT molecular complexity index is 560. The summed E-state index contributed by atoms with van der Waals surface area (Å²) in [7, 11) is 0. The number of amides is 2. The molecule has 2 heterocycles. The average Bonchev–Trinajstić information content (AvgIpc) is 2.46. The molecule has 0 spiro atoms. The van der Waals surface area contributed by atoms with E-state index in [1.807, 2.05) is 6.92 Å². The van der Waals surface area contributed by atoms with Gasteiger partial charge in [-0.25, -0.2) is 9.18 Å². The quantitative estimate of drug-likeness (QED) is 0.906. The van der Waals surface area contributed by atoms with Crippen molar-refractivity contribution in [2.45, 2.75) is 25.2 Å². The minimum Gasteiger partial charge on any atom is -0.376 e. The van der Waals surface area contributed by atoms with Crippen LogP contribution in [-0.2, 0) is 9.47 Å². The number of halogens is 2. The summed E-state index contributed by atoms with van der Waals surface area (Å²) in [5, 5.41) is 3.20. The minimum atomic E-state index is -0.395. The molecule has 3 atom stereocenters. The number of nitrogens with one attached hydrogen (secondary N) is 1. The van der Waals surface area contributed by atoms with E-state index in [0.717, 1.165) is 0 Å². The van der Waals surface area contributed by atoms with Gasteiger partial charge >= 0.3 is 6.03 Å². The van der Waals surface area contributed by atoms with E-state index < -0.39 is 5.82 Å². The van der Waals surface area contributed by atoms with Gasteiger partial charge in [-0.15, -0.1) is 0 Å². The summed E-state index contributed by atoms with van der Waals surface area (Å²) in [5.74, 6) is -0.395. The fourth-order valence-corrected chi connectivity index (χ4v) is 3.14. The monoisotopic (exact) mass is 328 g/mol. The summed E-state index contributed by atoms with van der Waals surface area (Å²) < 4.78 is 24.2. The van der Waals surface area contributed by atoms with Crippen molar-refractivity contribution >= 4 is 17.6 Å². The van der Waals surface area contributed by atoms with Gasteiger partial charge in [0.15, 0.2) is 0 Å². The van der Waals surface area contributed by atoms with Gasteiger partial charge in [0, 0.05) is 5.02 Å². The number of rotatable bonds is 2. The van der Waals surface area contributed by atoms with Crippen molar-refractivity contribution in [3.63, 3.8) is 0 Å². The summed E-state index contributed by atoms with van der Waals surface area (Å²) in [6.07, 6.45) is -0.133. The number of morpholine rings is 1. The molecule has 3 rings (SSSR count). The maximum Gasteiger partial charge on any atom is 0.318 e. The first kappa shape index (κ1) is 15.5. The van der Waals surface area contributed by atoms with Crippen LogP contribution >= 0.6 is 11.6 Å². The zero-order chi connectivity index (χ0) is 15.7. The van der Waals surface area contributed by atoms with Crippen LogP contribution in [0.2, 0.25) is 5.02 Å². The van der Waals surface area contributed by atoms with Crippen LogP contribution in [0.4, 0.5) is 9.18 Å². The van der Waals surface area contributed by atoms with Crippen LogP contribution in [0.25, 0.3) is 0 Å². The van der Waals surface area contributed by atoms with E-state index in [1.54, 1.807) is 11.0 Å². The smallest absolute Gasteiger partial charge is 0.318 e. The fraction of sp³-hybridized carbons (Fsp3) is 0.533. The predicted octanol–water partition coefficient (Wildman–Crippen LogP) is 2.35. The molecule has 0 aromatic heterocycles. The van der Waals surface area contributed by atoms with Gasteiger partial charge in [-0.05, 0) is 24.6 Å². The number of urea groups is 1. The first-order valence-electron chi connectivity index (χ1n) is 7.26. The van der Waals surface area contributed by atoms with Gasteiger partial charge in [-0.3, -0.25) is 0 Å². The lowest BCUT2D eigenvalue weighted by atomic mass is 10.1. The zero-order valence-corrected chi connectivity index (χ0v) is 13.0. The Morgan fingerprint density at radius 1 is 1.41 bits per heavy atom. The first-order chi connectivity index (χ1) is 10.5. The lowest BCUT2D eigenvalue weighted by Gasteiger charge is -2.41. The minimum absolute atomic E-state index is 0.0667. The normalized spacial score (nSPS) is 25.7. The fourth-order valence-electron chi connectivity index (χ4n) is 2.81. The highest BCUT2D eigenvalue weighted by molar-refractivity contribution is 6.31. The zero-order valence-electron chi connectivity index (χ0n) is 12.2. The van der Waals surface area contributed by atoms with E-state index in [9.17, 15) is 9.18 Å². The molecular weight excluding hydrogens is 311 g/mol. The topological polar surface area (TPSA) is 50.8 Å². The third-order valence-electron chi connectivity index (χ3n) is 3.90. The summed E-state index contributed by atoms with van der Waals surface area (Å²) in [6, 6.07) is 3.69. The summed E-state index contributed by atoms with van der Waals surface area (Å²) in [4.78, 5) is 14.1. The first-order valence-corrected chi connectivity index (χ1v) is 7.64. The number of carbonyl (C=O) groups is 1. The van der Waals surface area contributed by atoms with Crippen LogP contribution in [0.1, 0.15) is 18.5 Å². The van der Waals surface area contributed by atoms with E-state index in [2.05, 4.69) is 5.32 Å². The van der Waals surface area contributed by atoms with Crippen molar-refractivity contribution in [3.8, 4) is 0 Å². The second-order valence-corrected chi connectivity index (χ2v) is 6.07. The van der Waals surface area contributed by atoms with E-state index in [4.69, 9.17) is 21.1 Å². The lowest BCUT2D eigenvalue weighted by Crippen LogP contribution is -2.57. The standard InChI is InChI=1S/C15H18ClFN2O3/c1-9(13-3-2-10(17)4-14(13)16)18-15(20)19-5-11-7-21-8-12(6-19)22-11/h2-4,9,11-12H,5-8H2,1H3,(H,18,20)/t9-,11?,12?/m0/s1. The van der Waals surface area contributed by atoms with E-state index in [-0.39, 0.29) is 24.3 Å². The maximum absolute atomic E-state index is 13.1. The molecule has 0 radical (unpaired) electrons. The molecule has 2 saturated heterocycles. The summed E-state index contributed by atoms with van der Waals surface area (Å²) in [5.41, 5.74) is 0.688. The Hall–Kier alpha value is -1.37. The number of nitrogens with zero attached hydrogens (tertiary/aromatic N) is 1. The van der Waals surface area contributed by atoms with Gasteiger partial charge in [0.1, 0.15) is 5.82 Å². The van der Waals surface area contributed by atoms with Crippen LogP contribution in [0.3, 0.4) is 0 Å². The van der Waals surface area contributed by atoms with Crippen molar-refractivity contribution < 1.29 is 18.7 Å². The molecule has 22 heavy (non-hydrogen) atoms. The molecule has 5 nitrogen and oxygen atoms in total. The maximum atomic E-state index is 13.1. The molecule has 1 N–H and O–H groups in total. The Labute approximate surface area is 133 Å². The molecule has 2 amide bonds. The Morgan fingerprint density at radius 3 is 2.73 bits per heavy atom. The molecule has 0 aliphatic carbocycles. The predicted molar refractivity (Wildman–Crippen MR) is 79.4 cm³/mol. The van der Waals surface area contributed by atoms with Crippen LogP contribution < -0.4 is 5.32 Å². The molecule has 2 bridgehead atoms. The van der Waals surface area contributed by atoms with Gasteiger partial charge in [0.2, 0.25) is 0 Å². The average molecular weight is 329 g/mol. The number of benzene rings is 1. The van der Waals surface area contributed by atoms with Crippen LogP contribution in [0.15, 0.2) is 18.2 Å². The molecular formula is C15H18ClFN2O3. The van der Waals surface area contributed by atoms with Gasteiger partial charge in [0.25, 0.3) is 0 Å². The number of fused-ring (bicyclic) bond motifs is 2. The third kappa shape index (κ3) is 3.34. The molecule has 1 aromatic rings. The van der Waals surface area contributed by atoms with Crippen LogP contribution in [-0.4, -0.2) is 49.4 Å². The SMILES string of the molecule is C[C@H](NC(=O)N1CC2COCC(C1)O2)c1ccc(F)cc1Cl. The summed E-state index contributed by atoms with van der Waals surface area (Å²) in [6.45, 7) is 3.86. The molecule has 2 aliphatic heterocycles. The Kier molecular flexibility index (Phi) is 4.52. The molecule has 7 heteroatoms. The van der Waals surface area contributed by atoms with E-state index in [1.165, 1.54) is 12.1 Å². The highest BCUT2D eigenvalue weighted by Crippen LogP contribution is 2.24. The number of hydrogen-bond acceptors (Lipinski definition) is 3. The number of hydrogen-bond donors (Lipinski definition) is 1. The van der Waals surface area contributed by atoms with Gasteiger partial charge < -0.3 is 19.7 Å². The van der Waals surface area contributed by atoms with Crippen molar-refractivity contribution in [1.82, 2.24) is 10.2 Å².